The Labute approximate surface area is 109 Å². The molecule has 0 aliphatic carbocycles. The number of nitrogens with one attached hydrogen (secondary N) is 1. The number of hydrogen-bond donors (Lipinski definition) is 2. The van der Waals surface area contributed by atoms with Crippen LogP contribution in [0.2, 0.25) is 0 Å². The zero-order chi connectivity index (χ0) is 13.4. The van der Waals surface area contributed by atoms with E-state index in [1.807, 2.05) is 4.90 Å². The molecule has 19 heavy (non-hydrogen) atoms. The average molecular weight is 257 g/mol. The third-order valence-electron chi connectivity index (χ3n) is 3.13. The Morgan fingerprint density at radius 2 is 2.11 bits per heavy atom. The summed E-state index contributed by atoms with van der Waals surface area (Å²) in [6.07, 6.45) is 3.84. The molecule has 0 fully saturated rings. The number of hydrogen-bond acceptors (Lipinski definition) is 4. The van der Waals surface area contributed by atoms with Crippen molar-refractivity contribution < 1.29 is 4.39 Å². The second-order valence-electron chi connectivity index (χ2n) is 4.32. The molecule has 1 aromatic heterocycles. The van der Waals surface area contributed by atoms with Crippen LogP contribution >= 0.6 is 0 Å². The fraction of sp³-hybridized carbons (Fsp3) is 0.154. The molecule has 0 atom stereocenters. The van der Waals surface area contributed by atoms with Crippen LogP contribution in [-0.2, 0) is 6.42 Å². The zero-order valence-corrected chi connectivity index (χ0v) is 10.1. The molecule has 6 heteroatoms. The van der Waals surface area contributed by atoms with Crippen LogP contribution in [0.1, 0.15) is 11.3 Å². The van der Waals surface area contributed by atoms with Gasteiger partial charge in [0.2, 0.25) is 0 Å². The molecule has 1 aliphatic heterocycles. The van der Waals surface area contributed by atoms with Gasteiger partial charge in [0.1, 0.15) is 17.3 Å². The first-order valence-electron chi connectivity index (χ1n) is 5.88. The van der Waals surface area contributed by atoms with E-state index in [1.165, 1.54) is 18.3 Å². The van der Waals surface area contributed by atoms with E-state index in [1.54, 1.807) is 12.3 Å². The van der Waals surface area contributed by atoms with Crippen molar-refractivity contribution in [1.82, 2.24) is 9.97 Å². The Kier molecular flexibility index (Phi) is 2.63. The number of nitrogen functional groups attached to an aromatic ring is 1. The number of halogens is 1. The monoisotopic (exact) mass is 257 g/mol. The summed E-state index contributed by atoms with van der Waals surface area (Å²) >= 11 is 0. The summed E-state index contributed by atoms with van der Waals surface area (Å²) in [7, 11) is 0. The van der Waals surface area contributed by atoms with Gasteiger partial charge in [-0.3, -0.25) is 5.41 Å². The van der Waals surface area contributed by atoms with Gasteiger partial charge in [-0.25, -0.2) is 14.4 Å². The molecule has 5 nitrogen and oxygen atoms in total. The van der Waals surface area contributed by atoms with E-state index in [-0.39, 0.29) is 11.7 Å². The zero-order valence-electron chi connectivity index (χ0n) is 10.1. The Hall–Kier alpha value is -2.50. The Morgan fingerprint density at radius 3 is 2.89 bits per heavy atom. The van der Waals surface area contributed by atoms with Gasteiger partial charge in [0.25, 0.3) is 0 Å². The highest BCUT2D eigenvalue weighted by Gasteiger charge is 2.25. The number of fused-ring (bicyclic) bond motifs is 1. The third kappa shape index (κ3) is 1.91. The summed E-state index contributed by atoms with van der Waals surface area (Å²) in [6.45, 7) is 0.678. The molecule has 2 aromatic rings. The fourth-order valence-corrected chi connectivity index (χ4v) is 2.29. The molecule has 96 valence electrons. The molecule has 3 rings (SSSR count). The second kappa shape index (κ2) is 4.31. The minimum Gasteiger partial charge on any atom is -0.382 e. The Balaban J connectivity index is 2.11. The lowest BCUT2D eigenvalue weighted by atomic mass is 10.2. The minimum absolute atomic E-state index is 0.145. The van der Waals surface area contributed by atoms with Crippen molar-refractivity contribution in [2.75, 3.05) is 11.4 Å². The first-order valence-corrected chi connectivity index (χ1v) is 5.88. The number of anilines is 2. The Bertz CT molecular complexity index is 655. The maximum Gasteiger partial charge on any atom is 0.162 e. The standard InChI is InChI=1S/C13H12FN5/c14-9-2-1-8-3-6-19(10(8)7-9)13-11(12(15)16)17-4-5-18-13/h1-2,4-5,7H,3,6H2,(H3,15,16). The third-order valence-corrected chi connectivity index (χ3v) is 3.13. The van der Waals surface area contributed by atoms with E-state index >= 15 is 0 Å². The molecule has 1 aromatic carbocycles. The van der Waals surface area contributed by atoms with E-state index in [9.17, 15) is 4.39 Å². The summed E-state index contributed by atoms with van der Waals surface area (Å²) in [5.74, 6) is 0.0613. The predicted molar refractivity (Wildman–Crippen MR) is 70.2 cm³/mol. The van der Waals surface area contributed by atoms with Gasteiger partial charge in [-0.2, -0.15) is 0 Å². The molecule has 0 amide bonds. The van der Waals surface area contributed by atoms with Crippen LogP contribution in [0.3, 0.4) is 0 Å². The summed E-state index contributed by atoms with van der Waals surface area (Å²) < 4.78 is 13.4. The smallest absolute Gasteiger partial charge is 0.162 e. The van der Waals surface area contributed by atoms with Crippen LogP contribution in [0.5, 0.6) is 0 Å². The van der Waals surface area contributed by atoms with Crippen molar-refractivity contribution in [1.29, 1.82) is 5.41 Å². The maximum atomic E-state index is 13.4. The highest BCUT2D eigenvalue weighted by Crippen LogP contribution is 2.34. The lowest BCUT2D eigenvalue weighted by Crippen LogP contribution is -2.22. The molecule has 3 N–H and O–H groups in total. The first-order chi connectivity index (χ1) is 9.16. The second-order valence-corrected chi connectivity index (χ2v) is 4.32. The van der Waals surface area contributed by atoms with Crippen molar-refractivity contribution in [2.45, 2.75) is 6.42 Å². The molecule has 0 saturated carbocycles. The van der Waals surface area contributed by atoms with Crippen LogP contribution in [0, 0.1) is 11.2 Å². The Morgan fingerprint density at radius 1 is 1.32 bits per heavy atom. The largest absolute Gasteiger partial charge is 0.382 e. The average Bonchev–Trinajstić information content (AvgIpc) is 2.81. The van der Waals surface area contributed by atoms with E-state index in [0.29, 0.717) is 18.1 Å². The molecule has 0 bridgehead atoms. The van der Waals surface area contributed by atoms with Crippen LogP contribution in [-0.4, -0.2) is 22.3 Å². The normalized spacial score (nSPS) is 13.4. The van der Waals surface area contributed by atoms with Crippen molar-refractivity contribution >= 4 is 17.3 Å². The fourth-order valence-electron chi connectivity index (χ4n) is 2.29. The van der Waals surface area contributed by atoms with E-state index < -0.39 is 0 Å². The molecule has 0 spiro atoms. The quantitative estimate of drug-likeness (QED) is 0.632. The minimum atomic E-state index is -0.293. The van der Waals surface area contributed by atoms with Crippen LogP contribution < -0.4 is 10.6 Å². The molecular formula is C13H12FN5. The van der Waals surface area contributed by atoms with Crippen molar-refractivity contribution in [2.24, 2.45) is 5.73 Å². The van der Waals surface area contributed by atoms with E-state index in [0.717, 1.165) is 17.7 Å². The molecule has 1 aliphatic rings. The lowest BCUT2D eigenvalue weighted by Gasteiger charge is -2.20. The van der Waals surface area contributed by atoms with Gasteiger partial charge in [0.15, 0.2) is 5.82 Å². The highest BCUT2D eigenvalue weighted by molar-refractivity contribution is 5.98. The first kappa shape index (κ1) is 11.6. The summed E-state index contributed by atoms with van der Waals surface area (Å²) in [5, 5.41) is 7.54. The molecule has 0 unspecified atom stereocenters. The van der Waals surface area contributed by atoms with Crippen LogP contribution in [0.25, 0.3) is 0 Å². The molecule has 2 heterocycles. The van der Waals surface area contributed by atoms with Crippen molar-refractivity contribution in [3.8, 4) is 0 Å². The molecule has 0 radical (unpaired) electrons. The number of amidine groups is 1. The number of aromatic nitrogens is 2. The summed E-state index contributed by atoms with van der Waals surface area (Å²) in [6, 6.07) is 4.69. The van der Waals surface area contributed by atoms with Crippen LogP contribution in [0.15, 0.2) is 30.6 Å². The maximum absolute atomic E-state index is 13.4. The number of rotatable bonds is 2. The van der Waals surface area contributed by atoms with E-state index in [2.05, 4.69) is 9.97 Å². The van der Waals surface area contributed by atoms with Gasteiger partial charge in [-0.05, 0) is 24.1 Å². The molecule has 0 saturated heterocycles. The highest BCUT2D eigenvalue weighted by atomic mass is 19.1. The number of nitrogens with two attached hydrogens (primary N) is 1. The molecular weight excluding hydrogens is 245 g/mol. The topological polar surface area (TPSA) is 78.9 Å². The van der Waals surface area contributed by atoms with Crippen LogP contribution in [0.4, 0.5) is 15.9 Å². The van der Waals surface area contributed by atoms with Crippen molar-refractivity contribution in [3.63, 3.8) is 0 Å². The summed E-state index contributed by atoms with van der Waals surface area (Å²) in [5.41, 5.74) is 7.65. The lowest BCUT2D eigenvalue weighted by molar-refractivity contribution is 0.628. The predicted octanol–water partition coefficient (Wildman–Crippen LogP) is 1.59. The summed E-state index contributed by atoms with van der Waals surface area (Å²) in [4.78, 5) is 10.2. The van der Waals surface area contributed by atoms with Gasteiger partial charge >= 0.3 is 0 Å². The number of nitrogens with zero attached hydrogens (tertiary/aromatic N) is 3. The van der Waals surface area contributed by atoms with Crippen molar-refractivity contribution in [3.05, 3.63) is 47.7 Å². The van der Waals surface area contributed by atoms with Gasteiger partial charge in [0, 0.05) is 24.6 Å². The van der Waals surface area contributed by atoms with Gasteiger partial charge in [0.05, 0.1) is 0 Å². The van der Waals surface area contributed by atoms with E-state index in [4.69, 9.17) is 11.1 Å². The van der Waals surface area contributed by atoms with Gasteiger partial charge < -0.3 is 10.6 Å². The van der Waals surface area contributed by atoms with Gasteiger partial charge in [-0.1, -0.05) is 6.07 Å². The van der Waals surface area contributed by atoms with Gasteiger partial charge in [-0.15, -0.1) is 0 Å². The SMILES string of the molecule is N=C(N)c1nccnc1N1CCc2ccc(F)cc21. The number of benzene rings is 1.